The van der Waals surface area contributed by atoms with Crippen molar-refractivity contribution in [3.8, 4) is 0 Å². The first-order chi connectivity index (χ1) is 16.6. The minimum Gasteiger partial charge on any atom is -0.462 e. The van der Waals surface area contributed by atoms with Crippen LogP contribution in [0.4, 0.5) is 5.00 Å². The molecule has 2 aliphatic rings. The Morgan fingerprint density at radius 2 is 1.71 bits per heavy atom. The van der Waals surface area contributed by atoms with Crippen molar-refractivity contribution in [2.24, 2.45) is 0 Å². The lowest BCUT2D eigenvalue weighted by molar-refractivity contribution is -0.119. The van der Waals surface area contributed by atoms with Crippen molar-refractivity contribution in [2.45, 2.75) is 51.9 Å². The van der Waals surface area contributed by atoms with E-state index in [4.69, 9.17) is 14.5 Å². The summed E-state index contributed by atoms with van der Waals surface area (Å²) in [6.45, 7) is 1.58. The summed E-state index contributed by atoms with van der Waals surface area (Å²) in [4.78, 5) is 44.2. The molecule has 0 saturated carbocycles. The van der Waals surface area contributed by atoms with Crippen LogP contribution in [0.5, 0.6) is 0 Å². The minimum absolute atomic E-state index is 0.263. The number of amides is 1. The largest absolute Gasteiger partial charge is 0.462 e. The van der Waals surface area contributed by atoms with E-state index in [9.17, 15) is 14.4 Å². The standard InChI is InChI=1S/C26H26N2O5S/c1-2-32-26(31)23-17-10-7-13-20(17)34-24(23)28-21(29)14-33-25(30)22-15-8-3-5-11-18(15)27-19-12-6-4-9-16(19)22/h3,5,8,11H,2,4,6-7,9-10,12-14H2,1H3,(H,28,29). The van der Waals surface area contributed by atoms with E-state index in [1.165, 1.54) is 11.3 Å². The molecule has 176 valence electrons. The highest BCUT2D eigenvalue weighted by molar-refractivity contribution is 7.17. The number of aromatic nitrogens is 1. The Hall–Kier alpha value is -3.26. The zero-order valence-electron chi connectivity index (χ0n) is 19.1. The van der Waals surface area contributed by atoms with Crippen LogP contribution in [-0.2, 0) is 40.0 Å². The number of anilines is 1. The SMILES string of the molecule is CCOC(=O)c1c(NC(=O)COC(=O)c2c3c(nc4ccccc24)CCCC3)sc2c1CCC2. The van der Waals surface area contributed by atoms with Crippen molar-refractivity contribution < 1.29 is 23.9 Å². The van der Waals surface area contributed by atoms with Gasteiger partial charge in [0.1, 0.15) is 5.00 Å². The van der Waals surface area contributed by atoms with E-state index in [-0.39, 0.29) is 6.61 Å². The maximum atomic E-state index is 13.2. The van der Waals surface area contributed by atoms with Gasteiger partial charge in [-0.1, -0.05) is 18.2 Å². The van der Waals surface area contributed by atoms with E-state index in [0.29, 0.717) is 16.1 Å². The van der Waals surface area contributed by atoms with Crippen molar-refractivity contribution in [3.05, 3.63) is 57.1 Å². The first-order valence-electron chi connectivity index (χ1n) is 11.8. The van der Waals surface area contributed by atoms with Gasteiger partial charge in [-0.2, -0.15) is 0 Å². The molecule has 0 bridgehead atoms. The van der Waals surface area contributed by atoms with Gasteiger partial charge in [0.05, 0.1) is 23.3 Å². The van der Waals surface area contributed by atoms with Crippen molar-refractivity contribution in [3.63, 3.8) is 0 Å². The summed E-state index contributed by atoms with van der Waals surface area (Å²) in [6.07, 6.45) is 6.32. The lowest BCUT2D eigenvalue weighted by atomic mass is 9.90. The number of nitrogens with one attached hydrogen (secondary N) is 1. The zero-order chi connectivity index (χ0) is 23.7. The molecule has 7 nitrogen and oxygen atoms in total. The normalized spacial score (nSPS) is 14.4. The Bertz CT molecular complexity index is 1300. The fourth-order valence-electron chi connectivity index (χ4n) is 4.88. The number of carbonyl (C=O) groups is 3. The van der Waals surface area contributed by atoms with Crippen LogP contribution >= 0.6 is 11.3 Å². The number of aryl methyl sites for hydroxylation is 2. The third-order valence-corrected chi connectivity index (χ3v) is 7.57. The Morgan fingerprint density at radius 3 is 2.56 bits per heavy atom. The lowest BCUT2D eigenvalue weighted by Gasteiger charge is -2.19. The lowest BCUT2D eigenvalue weighted by Crippen LogP contribution is -2.23. The number of ether oxygens (including phenoxy) is 2. The molecule has 1 aromatic carbocycles. The molecule has 0 atom stereocenters. The van der Waals surface area contributed by atoms with Gasteiger partial charge in [-0.3, -0.25) is 9.78 Å². The number of thiophene rings is 1. The zero-order valence-corrected chi connectivity index (χ0v) is 19.9. The predicted octanol–water partition coefficient (Wildman–Crippen LogP) is 4.64. The second-order valence-electron chi connectivity index (χ2n) is 8.54. The highest BCUT2D eigenvalue weighted by atomic mass is 32.1. The van der Waals surface area contributed by atoms with Crippen LogP contribution < -0.4 is 5.32 Å². The van der Waals surface area contributed by atoms with Crippen LogP contribution in [0.1, 0.15) is 68.6 Å². The number of hydrogen-bond donors (Lipinski definition) is 1. The Morgan fingerprint density at radius 1 is 0.941 bits per heavy atom. The Kier molecular flexibility index (Phi) is 6.32. The third kappa shape index (κ3) is 4.18. The molecule has 2 aliphatic carbocycles. The molecule has 2 aromatic heterocycles. The number of hydrogen-bond acceptors (Lipinski definition) is 7. The van der Waals surface area contributed by atoms with Gasteiger partial charge in [-0.05, 0) is 69.1 Å². The van der Waals surface area contributed by atoms with Gasteiger partial charge in [0.2, 0.25) is 0 Å². The molecule has 0 unspecified atom stereocenters. The topological polar surface area (TPSA) is 94.6 Å². The maximum absolute atomic E-state index is 13.2. The minimum atomic E-state index is -0.522. The van der Waals surface area contributed by atoms with Gasteiger partial charge >= 0.3 is 11.9 Å². The number of para-hydroxylation sites is 1. The number of rotatable bonds is 6. The highest BCUT2D eigenvalue weighted by Crippen LogP contribution is 2.39. The van der Waals surface area contributed by atoms with E-state index in [1.54, 1.807) is 6.92 Å². The number of pyridine rings is 1. The van der Waals surface area contributed by atoms with Crippen molar-refractivity contribution in [2.75, 3.05) is 18.5 Å². The molecule has 0 spiro atoms. The van der Waals surface area contributed by atoms with Crippen LogP contribution in [-0.4, -0.2) is 36.0 Å². The first-order valence-corrected chi connectivity index (χ1v) is 12.6. The molecule has 2 heterocycles. The maximum Gasteiger partial charge on any atom is 0.341 e. The summed E-state index contributed by atoms with van der Waals surface area (Å²) in [5.41, 5.74) is 4.53. The van der Waals surface area contributed by atoms with Crippen LogP contribution in [0, 0.1) is 0 Å². The van der Waals surface area contributed by atoms with Crippen molar-refractivity contribution in [1.29, 1.82) is 0 Å². The molecule has 3 aromatic rings. The first kappa shape index (κ1) is 22.5. The summed E-state index contributed by atoms with van der Waals surface area (Å²) < 4.78 is 10.7. The molecule has 5 rings (SSSR count). The average molecular weight is 479 g/mol. The smallest absolute Gasteiger partial charge is 0.341 e. The van der Waals surface area contributed by atoms with Crippen molar-refractivity contribution >= 4 is 45.1 Å². The molecule has 8 heteroatoms. The summed E-state index contributed by atoms with van der Waals surface area (Å²) in [5, 5.41) is 3.99. The van der Waals surface area contributed by atoms with Gasteiger partial charge < -0.3 is 14.8 Å². The van der Waals surface area contributed by atoms with Gasteiger partial charge in [0.25, 0.3) is 5.91 Å². The van der Waals surface area contributed by atoms with E-state index < -0.39 is 24.5 Å². The molecule has 1 amide bonds. The summed E-state index contributed by atoms with van der Waals surface area (Å²) in [5.74, 6) is -1.43. The quantitative estimate of drug-likeness (QED) is 0.519. The van der Waals surface area contributed by atoms with Crippen LogP contribution in [0.2, 0.25) is 0 Å². The van der Waals surface area contributed by atoms with Crippen LogP contribution in [0.25, 0.3) is 10.9 Å². The molecule has 34 heavy (non-hydrogen) atoms. The van der Waals surface area contributed by atoms with E-state index in [0.717, 1.165) is 77.5 Å². The van der Waals surface area contributed by atoms with Gasteiger partial charge in [0.15, 0.2) is 6.61 Å². The summed E-state index contributed by atoms with van der Waals surface area (Å²) >= 11 is 1.40. The van der Waals surface area contributed by atoms with Crippen molar-refractivity contribution in [1.82, 2.24) is 4.98 Å². The number of benzene rings is 1. The van der Waals surface area contributed by atoms with Gasteiger partial charge in [0, 0.05) is 16.0 Å². The molecule has 0 saturated heterocycles. The number of esters is 2. The second kappa shape index (κ2) is 9.54. The van der Waals surface area contributed by atoms with E-state index in [2.05, 4.69) is 5.32 Å². The van der Waals surface area contributed by atoms with E-state index >= 15 is 0 Å². The van der Waals surface area contributed by atoms with Crippen LogP contribution in [0.15, 0.2) is 24.3 Å². The monoisotopic (exact) mass is 478 g/mol. The fourth-order valence-corrected chi connectivity index (χ4v) is 6.18. The molecule has 0 radical (unpaired) electrons. The number of fused-ring (bicyclic) bond motifs is 3. The molecular weight excluding hydrogens is 452 g/mol. The predicted molar refractivity (Wildman–Crippen MR) is 130 cm³/mol. The van der Waals surface area contributed by atoms with Crippen LogP contribution in [0.3, 0.4) is 0 Å². The van der Waals surface area contributed by atoms with Gasteiger partial charge in [-0.25, -0.2) is 9.59 Å². The molecule has 1 N–H and O–H groups in total. The molecule has 0 aliphatic heterocycles. The number of carbonyl (C=O) groups excluding carboxylic acids is 3. The fraction of sp³-hybridized carbons (Fsp3) is 0.385. The second-order valence-corrected chi connectivity index (χ2v) is 9.65. The molecular formula is C26H26N2O5S. The average Bonchev–Trinajstić information content (AvgIpc) is 3.42. The number of nitrogens with zero attached hydrogens (tertiary/aromatic N) is 1. The summed E-state index contributed by atoms with van der Waals surface area (Å²) in [6, 6.07) is 7.52. The Labute approximate surface area is 201 Å². The summed E-state index contributed by atoms with van der Waals surface area (Å²) in [7, 11) is 0. The molecule has 0 fully saturated rings. The third-order valence-electron chi connectivity index (χ3n) is 6.36. The highest BCUT2D eigenvalue weighted by Gasteiger charge is 2.29. The van der Waals surface area contributed by atoms with E-state index in [1.807, 2.05) is 24.3 Å². The van der Waals surface area contributed by atoms with Gasteiger partial charge in [-0.15, -0.1) is 11.3 Å². The Balaban J connectivity index is 1.34.